The van der Waals surface area contributed by atoms with Gasteiger partial charge in [-0.05, 0) is 25.3 Å². The van der Waals surface area contributed by atoms with Gasteiger partial charge in [-0.3, -0.25) is 5.10 Å². The molecule has 0 saturated carbocycles. The van der Waals surface area contributed by atoms with Crippen LogP contribution in [-0.2, 0) is 4.74 Å². The molecule has 3 heteroatoms. The second-order valence-corrected chi connectivity index (χ2v) is 3.63. The summed E-state index contributed by atoms with van der Waals surface area (Å²) in [4.78, 5) is 0. The largest absolute Gasteiger partial charge is 0.381 e. The molecule has 3 nitrogen and oxygen atoms in total. The summed E-state index contributed by atoms with van der Waals surface area (Å²) in [5, 5.41) is 7.91. The Kier molecular flexibility index (Phi) is 3.74. The molecule has 15 heavy (non-hydrogen) atoms. The lowest BCUT2D eigenvalue weighted by atomic mass is 10.2. The Morgan fingerprint density at radius 2 is 1.87 bits per heavy atom. The average Bonchev–Trinajstić information content (AvgIpc) is 2.80. The van der Waals surface area contributed by atoms with Crippen molar-refractivity contribution >= 4 is 10.9 Å². The zero-order valence-corrected chi connectivity index (χ0v) is 8.78. The second kappa shape index (κ2) is 5.51. The molecule has 1 fully saturated rings. The highest BCUT2D eigenvalue weighted by atomic mass is 16.5. The third kappa shape index (κ3) is 3.06. The fourth-order valence-electron chi connectivity index (χ4n) is 1.57. The Morgan fingerprint density at radius 1 is 1.07 bits per heavy atom. The van der Waals surface area contributed by atoms with E-state index in [9.17, 15) is 0 Å². The number of aromatic amines is 1. The first-order chi connectivity index (χ1) is 7.47. The molecule has 0 atom stereocenters. The number of aromatic nitrogens is 2. The molecule has 0 radical (unpaired) electrons. The molecule has 1 aromatic heterocycles. The first kappa shape index (κ1) is 10.2. The topological polar surface area (TPSA) is 37.9 Å². The van der Waals surface area contributed by atoms with E-state index in [4.69, 9.17) is 4.74 Å². The van der Waals surface area contributed by atoms with Crippen molar-refractivity contribution < 1.29 is 4.74 Å². The summed E-state index contributed by atoms with van der Waals surface area (Å²) < 4.78 is 5.07. The number of hydrogen-bond acceptors (Lipinski definition) is 2. The Morgan fingerprint density at radius 3 is 2.47 bits per heavy atom. The van der Waals surface area contributed by atoms with Crippen molar-refractivity contribution in [2.45, 2.75) is 19.3 Å². The highest BCUT2D eigenvalue weighted by molar-refractivity contribution is 5.77. The SMILES string of the molecule is C1CCOCC1.c1ccc2[nH]ncc2c1. The molecule has 1 aliphatic heterocycles. The normalized spacial score (nSPS) is 15.7. The molecule has 3 rings (SSSR count). The molecular weight excluding hydrogens is 188 g/mol. The quantitative estimate of drug-likeness (QED) is 0.716. The van der Waals surface area contributed by atoms with Crippen molar-refractivity contribution in [3.63, 3.8) is 0 Å². The zero-order chi connectivity index (χ0) is 10.3. The van der Waals surface area contributed by atoms with E-state index >= 15 is 0 Å². The van der Waals surface area contributed by atoms with Gasteiger partial charge in [0.1, 0.15) is 0 Å². The maximum absolute atomic E-state index is 5.07. The van der Waals surface area contributed by atoms with Gasteiger partial charge in [0.2, 0.25) is 0 Å². The summed E-state index contributed by atoms with van der Waals surface area (Å²) in [6.07, 6.45) is 5.75. The van der Waals surface area contributed by atoms with E-state index in [1.54, 1.807) is 0 Å². The number of rotatable bonds is 0. The van der Waals surface area contributed by atoms with E-state index in [0.717, 1.165) is 24.1 Å². The molecule has 2 heterocycles. The van der Waals surface area contributed by atoms with Gasteiger partial charge in [0.05, 0.1) is 11.7 Å². The Bertz CT molecular complexity index is 351. The van der Waals surface area contributed by atoms with Crippen molar-refractivity contribution in [1.29, 1.82) is 0 Å². The summed E-state index contributed by atoms with van der Waals surface area (Å²) >= 11 is 0. The molecule has 1 saturated heterocycles. The highest BCUT2D eigenvalue weighted by Gasteiger charge is 1.95. The molecule has 1 aromatic carbocycles. The number of hydrogen-bond donors (Lipinski definition) is 1. The van der Waals surface area contributed by atoms with Crippen LogP contribution in [0.3, 0.4) is 0 Å². The van der Waals surface area contributed by atoms with Gasteiger partial charge in [0.15, 0.2) is 0 Å². The number of nitrogens with zero attached hydrogens (tertiary/aromatic N) is 1. The summed E-state index contributed by atoms with van der Waals surface area (Å²) in [6, 6.07) is 8.01. The maximum Gasteiger partial charge on any atom is 0.0650 e. The lowest BCUT2D eigenvalue weighted by molar-refractivity contribution is 0.0968. The summed E-state index contributed by atoms with van der Waals surface area (Å²) in [7, 11) is 0. The molecule has 2 aromatic rings. The van der Waals surface area contributed by atoms with E-state index in [1.165, 1.54) is 19.3 Å². The number of para-hydroxylation sites is 1. The van der Waals surface area contributed by atoms with E-state index in [2.05, 4.69) is 10.2 Å². The van der Waals surface area contributed by atoms with Crippen molar-refractivity contribution in [1.82, 2.24) is 10.2 Å². The van der Waals surface area contributed by atoms with Gasteiger partial charge < -0.3 is 4.74 Å². The van der Waals surface area contributed by atoms with Crippen LogP contribution in [0.1, 0.15) is 19.3 Å². The van der Waals surface area contributed by atoms with Crippen LogP contribution in [0.25, 0.3) is 10.9 Å². The van der Waals surface area contributed by atoms with Gasteiger partial charge in [0, 0.05) is 18.6 Å². The van der Waals surface area contributed by atoms with Crippen LogP contribution in [-0.4, -0.2) is 23.4 Å². The lowest BCUT2D eigenvalue weighted by Gasteiger charge is -2.08. The molecule has 0 spiro atoms. The lowest BCUT2D eigenvalue weighted by Crippen LogP contribution is -2.03. The third-order valence-corrected chi connectivity index (χ3v) is 2.43. The summed E-state index contributed by atoms with van der Waals surface area (Å²) in [6.45, 7) is 2.00. The minimum Gasteiger partial charge on any atom is -0.381 e. The molecule has 80 valence electrons. The number of H-pyrrole nitrogens is 1. The van der Waals surface area contributed by atoms with Crippen LogP contribution >= 0.6 is 0 Å². The molecule has 0 aliphatic carbocycles. The molecular formula is C12H16N2O. The van der Waals surface area contributed by atoms with Crippen molar-refractivity contribution in [3.8, 4) is 0 Å². The average molecular weight is 204 g/mol. The van der Waals surface area contributed by atoms with Crippen LogP contribution in [0.2, 0.25) is 0 Å². The summed E-state index contributed by atoms with van der Waals surface area (Å²) in [5.74, 6) is 0. The number of ether oxygens (including phenoxy) is 1. The Labute approximate surface area is 89.4 Å². The van der Waals surface area contributed by atoms with Crippen LogP contribution in [0.5, 0.6) is 0 Å². The first-order valence-electron chi connectivity index (χ1n) is 5.43. The monoisotopic (exact) mass is 204 g/mol. The van der Waals surface area contributed by atoms with Gasteiger partial charge in [-0.15, -0.1) is 0 Å². The molecule has 1 N–H and O–H groups in total. The number of fused-ring (bicyclic) bond motifs is 1. The van der Waals surface area contributed by atoms with Gasteiger partial charge in [-0.1, -0.05) is 18.2 Å². The third-order valence-electron chi connectivity index (χ3n) is 2.43. The first-order valence-corrected chi connectivity index (χ1v) is 5.43. The van der Waals surface area contributed by atoms with Gasteiger partial charge in [0.25, 0.3) is 0 Å². The highest BCUT2D eigenvalue weighted by Crippen LogP contribution is 2.07. The summed E-state index contributed by atoms with van der Waals surface area (Å²) in [5.41, 5.74) is 1.09. The maximum atomic E-state index is 5.07. The Balaban J connectivity index is 0.000000124. The van der Waals surface area contributed by atoms with Crippen LogP contribution < -0.4 is 0 Å². The van der Waals surface area contributed by atoms with Crippen LogP contribution in [0.4, 0.5) is 0 Å². The van der Waals surface area contributed by atoms with E-state index in [0.29, 0.717) is 0 Å². The Hall–Kier alpha value is -1.35. The number of benzene rings is 1. The predicted octanol–water partition coefficient (Wildman–Crippen LogP) is 2.75. The zero-order valence-electron chi connectivity index (χ0n) is 8.78. The van der Waals surface area contributed by atoms with Crippen molar-refractivity contribution in [3.05, 3.63) is 30.5 Å². The van der Waals surface area contributed by atoms with E-state index < -0.39 is 0 Å². The number of nitrogens with one attached hydrogen (secondary N) is 1. The van der Waals surface area contributed by atoms with Crippen molar-refractivity contribution in [2.75, 3.05) is 13.2 Å². The molecule has 0 unspecified atom stereocenters. The van der Waals surface area contributed by atoms with Gasteiger partial charge >= 0.3 is 0 Å². The standard InChI is InChI=1S/C7H6N2.C5H10O/c1-2-4-7-6(3-1)5-8-9-7;1-2-4-6-5-3-1/h1-5H,(H,8,9);1-5H2. The van der Waals surface area contributed by atoms with E-state index in [1.807, 2.05) is 30.5 Å². The smallest absolute Gasteiger partial charge is 0.0650 e. The minimum absolute atomic E-state index is 1.00. The van der Waals surface area contributed by atoms with Gasteiger partial charge in [-0.25, -0.2) is 0 Å². The van der Waals surface area contributed by atoms with Crippen LogP contribution in [0.15, 0.2) is 30.5 Å². The van der Waals surface area contributed by atoms with E-state index in [-0.39, 0.29) is 0 Å². The minimum atomic E-state index is 1.00. The van der Waals surface area contributed by atoms with Gasteiger partial charge in [-0.2, -0.15) is 5.10 Å². The fourth-order valence-corrected chi connectivity index (χ4v) is 1.57. The fraction of sp³-hybridized carbons (Fsp3) is 0.417. The molecule has 0 bridgehead atoms. The molecule has 0 amide bonds. The predicted molar refractivity (Wildman–Crippen MR) is 60.8 cm³/mol. The second-order valence-electron chi connectivity index (χ2n) is 3.63. The van der Waals surface area contributed by atoms with Crippen molar-refractivity contribution in [2.24, 2.45) is 0 Å². The van der Waals surface area contributed by atoms with Crippen LogP contribution in [0, 0.1) is 0 Å². The molecule has 1 aliphatic rings.